The van der Waals surface area contributed by atoms with Crippen molar-refractivity contribution in [3.05, 3.63) is 59.8 Å². The summed E-state index contributed by atoms with van der Waals surface area (Å²) in [6, 6.07) is 7.12. The molecule has 4 amide bonds. The van der Waals surface area contributed by atoms with Crippen LogP contribution in [0.25, 0.3) is 0 Å². The number of allylic oxidation sites excluding steroid dienone is 1. The van der Waals surface area contributed by atoms with Crippen molar-refractivity contribution in [2.75, 3.05) is 59.3 Å². The van der Waals surface area contributed by atoms with Crippen LogP contribution in [0.5, 0.6) is 0 Å². The summed E-state index contributed by atoms with van der Waals surface area (Å²) < 4.78 is 16.0. The molecule has 13 heteroatoms. The van der Waals surface area contributed by atoms with Crippen LogP contribution >= 0.6 is 11.8 Å². The molecule has 0 aromatic heterocycles. The van der Waals surface area contributed by atoms with Crippen LogP contribution in [0, 0.1) is 12.3 Å². The summed E-state index contributed by atoms with van der Waals surface area (Å²) in [7, 11) is 0. The van der Waals surface area contributed by atoms with Crippen LogP contribution in [0.1, 0.15) is 73.0 Å². The summed E-state index contributed by atoms with van der Waals surface area (Å²) in [5, 5.41) is 2.16. The average molecular weight is 710 g/mol. The van der Waals surface area contributed by atoms with Gasteiger partial charge in [-0.3, -0.25) is 33.7 Å². The predicted octanol–water partition coefficient (Wildman–Crippen LogP) is 3.41. The van der Waals surface area contributed by atoms with E-state index in [1.165, 1.54) is 27.6 Å². The Morgan fingerprint density at radius 2 is 1.52 bits per heavy atom. The Balaban J connectivity index is 1.25. The number of ketones is 2. The van der Waals surface area contributed by atoms with Crippen LogP contribution in [0.3, 0.4) is 0 Å². The molecule has 3 rings (SSSR count). The standard InChI is InChI=1S/C37H47N3O9S/c1-4-20-47-24-25-49-23-17-38-36(45)30-12-10-29(11-13-30)28(3)50-33-26-35(44)40(37(33)46)19-16-32(42)8-6-22-48-21-5-7-31(41)15-18-39-27(2)9-14-34(39)43/h1,9-14,28,33H,2,5-8,15-26H2,3H3,(H,38,45). The van der Waals surface area contributed by atoms with Crippen molar-refractivity contribution in [1.29, 1.82) is 0 Å². The maximum Gasteiger partial charge on any atom is 0.251 e. The first-order valence-corrected chi connectivity index (χ1v) is 17.8. The van der Waals surface area contributed by atoms with E-state index < -0.39 is 5.25 Å². The van der Waals surface area contributed by atoms with Crippen molar-refractivity contribution in [2.45, 2.75) is 62.4 Å². The minimum absolute atomic E-state index is 0.0478. The number of amides is 4. The minimum Gasteiger partial charge on any atom is -0.381 e. The van der Waals surface area contributed by atoms with Crippen LogP contribution in [0.2, 0.25) is 0 Å². The van der Waals surface area contributed by atoms with Gasteiger partial charge in [-0.15, -0.1) is 18.2 Å². The normalized spacial score (nSPS) is 16.3. The van der Waals surface area contributed by atoms with Gasteiger partial charge in [0.2, 0.25) is 11.8 Å². The number of imide groups is 1. The Morgan fingerprint density at radius 1 is 0.900 bits per heavy atom. The molecule has 0 spiro atoms. The fourth-order valence-electron chi connectivity index (χ4n) is 5.22. The number of hydrogen-bond donors (Lipinski definition) is 1. The maximum absolute atomic E-state index is 13.0. The molecule has 2 atom stereocenters. The quantitative estimate of drug-likeness (QED) is 0.0910. The number of thioether (sulfide) groups is 1. The van der Waals surface area contributed by atoms with Crippen LogP contribution in [-0.2, 0) is 38.2 Å². The molecule has 2 unspecified atom stereocenters. The van der Waals surface area contributed by atoms with Crippen LogP contribution in [0.15, 0.2) is 48.7 Å². The molecule has 0 saturated carbocycles. The molecule has 1 N–H and O–H groups in total. The van der Waals surface area contributed by atoms with E-state index >= 15 is 0 Å². The Labute approximate surface area is 298 Å². The number of Topliss-reactive ketones (excluding diaryl/α,β-unsaturated/α-hetero) is 2. The maximum atomic E-state index is 13.0. The van der Waals surface area contributed by atoms with E-state index in [0.717, 1.165) is 5.56 Å². The molecule has 270 valence electrons. The van der Waals surface area contributed by atoms with Crippen molar-refractivity contribution in [1.82, 2.24) is 15.1 Å². The van der Waals surface area contributed by atoms with E-state index in [1.807, 2.05) is 19.1 Å². The first kappa shape index (κ1) is 40.3. The third kappa shape index (κ3) is 13.7. The number of hydrogen-bond acceptors (Lipinski definition) is 10. The van der Waals surface area contributed by atoms with Gasteiger partial charge in [0, 0.05) is 87.5 Å². The number of ether oxygens (including phenoxy) is 3. The molecule has 0 bridgehead atoms. The molecule has 50 heavy (non-hydrogen) atoms. The number of carbonyl (C=O) groups is 6. The van der Waals surface area contributed by atoms with Crippen LogP contribution in [0.4, 0.5) is 0 Å². The van der Waals surface area contributed by atoms with Gasteiger partial charge in [-0.1, -0.05) is 24.6 Å². The Bertz CT molecular complexity index is 1420. The molecule has 12 nitrogen and oxygen atoms in total. The largest absolute Gasteiger partial charge is 0.381 e. The smallest absolute Gasteiger partial charge is 0.251 e. The Morgan fingerprint density at radius 3 is 2.14 bits per heavy atom. The van der Waals surface area contributed by atoms with E-state index in [9.17, 15) is 28.8 Å². The highest BCUT2D eigenvalue weighted by molar-refractivity contribution is 8.00. The van der Waals surface area contributed by atoms with Gasteiger partial charge in [0.1, 0.15) is 18.2 Å². The minimum atomic E-state index is -0.535. The second-order valence-electron chi connectivity index (χ2n) is 11.8. The Kier molecular flexibility index (Phi) is 17.7. The van der Waals surface area contributed by atoms with Crippen molar-refractivity contribution < 1.29 is 43.0 Å². The van der Waals surface area contributed by atoms with Gasteiger partial charge >= 0.3 is 0 Å². The summed E-state index contributed by atoms with van der Waals surface area (Å²) in [6.45, 7) is 8.58. The fourth-order valence-corrected chi connectivity index (χ4v) is 6.51. The molecular weight excluding hydrogens is 662 g/mol. The van der Waals surface area contributed by atoms with Gasteiger partial charge in [0.25, 0.3) is 11.8 Å². The van der Waals surface area contributed by atoms with Gasteiger partial charge in [-0.2, -0.15) is 0 Å². The highest BCUT2D eigenvalue weighted by Crippen LogP contribution is 2.37. The van der Waals surface area contributed by atoms with E-state index in [-0.39, 0.29) is 79.3 Å². The zero-order chi connectivity index (χ0) is 36.3. The molecule has 2 heterocycles. The third-order valence-electron chi connectivity index (χ3n) is 8.05. The van der Waals surface area contributed by atoms with Crippen molar-refractivity contribution in [2.24, 2.45) is 0 Å². The number of carbonyl (C=O) groups excluding carboxylic acids is 6. The van der Waals surface area contributed by atoms with Crippen molar-refractivity contribution in [3.8, 4) is 12.3 Å². The zero-order valence-corrected chi connectivity index (χ0v) is 29.5. The highest BCUT2D eigenvalue weighted by atomic mass is 32.2. The van der Waals surface area contributed by atoms with E-state index in [1.54, 1.807) is 18.2 Å². The number of likely N-dealkylation sites (tertiary alicyclic amines) is 1. The average Bonchev–Trinajstić information content (AvgIpc) is 3.57. The van der Waals surface area contributed by atoms with Crippen LogP contribution in [-0.4, -0.2) is 110 Å². The number of nitrogens with zero attached hydrogens (tertiary/aromatic N) is 2. The summed E-state index contributed by atoms with van der Waals surface area (Å²) in [5.74, 6) is 1.42. The summed E-state index contributed by atoms with van der Waals surface area (Å²) in [5.41, 5.74) is 2.01. The lowest BCUT2D eigenvalue weighted by molar-refractivity contribution is -0.138. The van der Waals surface area contributed by atoms with Gasteiger partial charge in [0.15, 0.2) is 0 Å². The second-order valence-corrected chi connectivity index (χ2v) is 13.4. The number of benzene rings is 1. The van der Waals surface area contributed by atoms with Gasteiger partial charge in [-0.25, -0.2) is 0 Å². The number of terminal acetylenes is 1. The molecule has 2 aliphatic heterocycles. The molecule has 1 fully saturated rings. The van der Waals surface area contributed by atoms with Gasteiger partial charge in [-0.05, 0) is 43.5 Å². The summed E-state index contributed by atoms with van der Waals surface area (Å²) >= 11 is 1.39. The fraction of sp³-hybridized carbons (Fsp3) is 0.514. The second kappa shape index (κ2) is 21.9. The molecular formula is C37H47N3O9S. The molecule has 1 saturated heterocycles. The lowest BCUT2D eigenvalue weighted by atomic mass is 10.1. The first-order valence-electron chi connectivity index (χ1n) is 16.9. The third-order valence-corrected chi connectivity index (χ3v) is 9.43. The monoisotopic (exact) mass is 709 g/mol. The van der Waals surface area contributed by atoms with E-state index in [2.05, 4.69) is 17.8 Å². The van der Waals surface area contributed by atoms with E-state index in [0.29, 0.717) is 76.6 Å². The van der Waals surface area contributed by atoms with Gasteiger partial charge < -0.3 is 24.4 Å². The van der Waals surface area contributed by atoms with Gasteiger partial charge in [0.05, 0.1) is 25.1 Å². The molecule has 1 aromatic carbocycles. The molecule has 0 aliphatic carbocycles. The first-order chi connectivity index (χ1) is 24.1. The van der Waals surface area contributed by atoms with Crippen molar-refractivity contribution >= 4 is 47.0 Å². The summed E-state index contributed by atoms with van der Waals surface area (Å²) in [6.07, 6.45) is 10.3. The highest BCUT2D eigenvalue weighted by Gasteiger charge is 2.39. The number of rotatable bonds is 25. The van der Waals surface area contributed by atoms with Crippen molar-refractivity contribution in [3.63, 3.8) is 0 Å². The lowest BCUT2D eigenvalue weighted by Gasteiger charge is -2.17. The lowest BCUT2D eigenvalue weighted by Crippen LogP contribution is -2.33. The molecule has 0 radical (unpaired) electrons. The van der Waals surface area contributed by atoms with Crippen LogP contribution < -0.4 is 5.32 Å². The topological polar surface area (TPSA) is 149 Å². The Hall–Kier alpha value is -4.09. The SMILES string of the molecule is C#CCOCCOCCNC(=O)c1ccc(C(C)SC2CC(=O)N(CCC(=O)CCCOCCCC(=O)CCN3C(=C)C=CC3=O)C2=O)cc1. The predicted molar refractivity (Wildman–Crippen MR) is 189 cm³/mol. The van der Waals surface area contributed by atoms with E-state index in [4.69, 9.17) is 20.6 Å². The zero-order valence-electron chi connectivity index (χ0n) is 28.7. The molecule has 2 aliphatic rings. The number of nitrogens with one attached hydrogen (secondary N) is 1. The molecule has 1 aromatic rings. The summed E-state index contributed by atoms with van der Waals surface area (Å²) in [4.78, 5) is 77.0.